The van der Waals surface area contributed by atoms with E-state index in [2.05, 4.69) is 25.7 Å². The SMILES string of the molecule is CC(Sc1nnnn1C1CCCC1)c1nnc(-c2ccc([N+](=O)[O-])cc2)o1. The molecule has 1 aromatic carbocycles. The van der Waals surface area contributed by atoms with Gasteiger partial charge in [-0.3, -0.25) is 10.1 Å². The maximum absolute atomic E-state index is 10.7. The fourth-order valence-electron chi connectivity index (χ4n) is 3.09. The number of non-ortho nitro benzene ring substituents is 1. The summed E-state index contributed by atoms with van der Waals surface area (Å²) in [6.45, 7) is 1.95. The van der Waals surface area contributed by atoms with Gasteiger partial charge in [0, 0.05) is 17.7 Å². The molecule has 0 saturated heterocycles. The van der Waals surface area contributed by atoms with Crippen molar-refractivity contribution < 1.29 is 9.34 Å². The number of rotatable bonds is 6. The largest absolute Gasteiger partial charge is 0.419 e. The van der Waals surface area contributed by atoms with Crippen LogP contribution < -0.4 is 0 Å². The van der Waals surface area contributed by atoms with Crippen molar-refractivity contribution in [2.24, 2.45) is 0 Å². The van der Waals surface area contributed by atoms with Crippen LogP contribution in [-0.2, 0) is 0 Å². The van der Waals surface area contributed by atoms with Gasteiger partial charge in [-0.15, -0.1) is 15.3 Å². The topological polar surface area (TPSA) is 126 Å². The number of nitro benzene ring substituents is 1. The summed E-state index contributed by atoms with van der Waals surface area (Å²) in [7, 11) is 0. The molecular weight excluding hydrogens is 370 g/mol. The van der Waals surface area contributed by atoms with Gasteiger partial charge in [-0.25, -0.2) is 4.68 Å². The lowest BCUT2D eigenvalue weighted by Gasteiger charge is -2.12. The van der Waals surface area contributed by atoms with Gasteiger partial charge in [0.15, 0.2) is 0 Å². The first-order valence-electron chi connectivity index (χ1n) is 8.64. The molecule has 27 heavy (non-hydrogen) atoms. The van der Waals surface area contributed by atoms with E-state index < -0.39 is 4.92 Å². The van der Waals surface area contributed by atoms with Gasteiger partial charge < -0.3 is 4.42 Å². The van der Waals surface area contributed by atoms with Crippen molar-refractivity contribution in [2.45, 2.75) is 49.1 Å². The number of nitrogens with zero attached hydrogens (tertiary/aromatic N) is 7. The first-order chi connectivity index (χ1) is 13.1. The summed E-state index contributed by atoms with van der Waals surface area (Å²) in [5.74, 6) is 0.775. The van der Waals surface area contributed by atoms with Crippen LogP contribution in [0.25, 0.3) is 11.5 Å². The first-order valence-corrected chi connectivity index (χ1v) is 9.52. The van der Waals surface area contributed by atoms with Crippen molar-refractivity contribution >= 4 is 17.4 Å². The van der Waals surface area contributed by atoms with Crippen LogP contribution in [0, 0.1) is 10.1 Å². The molecule has 1 unspecified atom stereocenters. The van der Waals surface area contributed by atoms with E-state index in [1.165, 1.54) is 36.7 Å². The van der Waals surface area contributed by atoms with Gasteiger partial charge >= 0.3 is 0 Å². The predicted molar refractivity (Wildman–Crippen MR) is 96.0 cm³/mol. The summed E-state index contributed by atoms with van der Waals surface area (Å²) in [4.78, 5) is 10.3. The van der Waals surface area contributed by atoms with E-state index in [-0.39, 0.29) is 10.9 Å². The molecule has 1 fully saturated rings. The Balaban J connectivity index is 1.48. The zero-order valence-electron chi connectivity index (χ0n) is 14.6. The van der Waals surface area contributed by atoms with Crippen molar-refractivity contribution in [2.75, 3.05) is 0 Å². The number of hydrogen-bond donors (Lipinski definition) is 0. The van der Waals surface area contributed by atoms with Gasteiger partial charge in [0.2, 0.25) is 16.9 Å². The van der Waals surface area contributed by atoms with Crippen LogP contribution in [0.5, 0.6) is 0 Å². The minimum atomic E-state index is -0.448. The molecule has 1 atom stereocenters. The molecule has 4 rings (SSSR count). The molecule has 0 bridgehead atoms. The van der Waals surface area contributed by atoms with Gasteiger partial charge in [-0.2, -0.15) is 0 Å². The minimum Gasteiger partial charge on any atom is -0.419 e. The second kappa shape index (κ2) is 7.43. The average molecular weight is 387 g/mol. The number of tetrazole rings is 1. The number of aromatic nitrogens is 6. The smallest absolute Gasteiger partial charge is 0.269 e. The highest BCUT2D eigenvalue weighted by molar-refractivity contribution is 7.99. The molecule has 0 radical (unpaired) electrons. The third-order valence-corrected chi connectivity index (χ3v) is 5.56. The highest BCUT2D eigenvalue weighted by atomic mass is 32.2. The normalized spacial score (nSPS) is 15.9. The van der Waals surface area contributed by atoms with E-state index >= 15 is 0 Å². The molecule has 0 aliphatic heterocycles. The Morgan fingerprint density at radius 1 is 1.22 bits per heavy atom. The van der Waals surface area contributed by atoms with Crippen molar-refractivity contribution in [1.82, 2.24) is 30.4 Å². The highest BCUT2D eigenvalue weighted by Gasteiger charge is 2.25. The molecule has 0 N–H and O–H groups in total. The fourth-order valence-corrected chi connectivity index (χ4v) is 3.98. The monoisotopic (exact) mass is 387 g/mol. The van der Waals surface area contributed by atoms with Gasteiger partial charge in [0.1, 0.15) is 0 Å². The summed E-state index contributed by atoms with van der Waals surface area (Å²) in [6.07, 6.45) is 4.59. The second-order valence-corrected chi connectivity index (χ2v) is 7.66. The first kappa shape index (κ1) is 17.6. The molecule has 10 nitrogen and oxygen atoms in total. The molecule has 11 heteroatoms. The maximum atomic E-state index is 10.7. The zero-order valence-corrected chi connectivity index (χ0v) is 15.4. The average Bonchev–Trinajstić information content (AvgIpc) is 3.42. The van der Waals surface area contributed by atoms with E-state index in [0.29, 0.717) is 23.4 Å². The Bertz CT molecular complexity index is 934. The van der Waals surface area contributed by atoms with Gasteiger partial charge in [-0.05, 0) is 42.3 Å². The molecule has 0 amide bonds. The molecule has 140 valence electrons. The summed E-state index contributed by atoms with van der Waals surface area (Å²) in [5, 5.41) is 31.6. The van der Waals surface area contributed by atoms with Crippen molar-refractivity contribution in [3.63, 3.8) is 0 Å². The van der Waals surface area contributed by atoms with Crippen LogP contribution in [0.3, 0.4) is 0 Å². The van der Waals surface area contributed by atoms with E-state index in [9.17, 15) is 10.1 Å². The van der Waals surface area contributed by atoms with E-state index in [1.807, 2.05) is 11.6 Å². The Kier molecular flexibility index (Phi) is 4.84. The van der Waals surface area contributed by atoms with Crippen LogP contribution in [0.15, 0.2) is 33.8 Å². The quantitative estimate of drug-likeness (QED) is 0.354. The number of nitro groups is 1. The number of benzene rings is 1. The third-order valence-electron chi connectivity index (χ3n) is 4.53. The van der Waals surface area contributed by atoms with Gasteiger partial charge in [-0.1, -0.05) is 24.6 Å². The minimum absolute atomic E-state index is 0.0150. The Labute approximate surface area is 158 Å². The van der Waals surface area contributed by atoms with Crippen LogP contribution in [0.2, 0.25) is 0 Å². The Morgan fingerprint density at radius 2 is 1.96 bits per heavy atom. The molecule has 3 aromatic rings. The van der Waals surface area contributed by atoms with E-state index in [0.717, 1.165) is 18.0 Å². The van der Waals surface area contributed by atoms with Crippen LogP contribution in [-0.4, -0.2) is 35.3 Å². The fraction of sp³-hybridized carbons (Fsp3) is 0.438. The van der Waals surface area contributed by atoms with Crippen LogP contribution in [0.1, 0.15) is 49.8 Å². The van der Waals surface area contributed by atoms with E-state index in [1.54, 1.807) is 12.1 Å². The Hall–Kier alpha value is -2.82. The zero-order chi connectivity index (χ0) is 18.8. The van der Waals surface area contributed by atoms with Crippen molar-refractivity contribution in [3.05, 3.63) is 40.3 Å². The number of thioether (sulfide) groups is 1. The van der Waals surface area contributed by atoms with Crippen LogP contribution >= 0.6 is 11.8 Å². The number of hydrogen-bond acceptors (Lipinski definition) is 9. The molecule has 0 spiro atoms. The lowest BCUT2D eigenvalue weighted by molar-refractivity contribution is -0.384. The summed E-state index contributed by atoms with van der Waals surface area (Å²) in [5.41, 5.74) is 0.647. The standard InChI is InChI=1S/C16H17N7O3S/c1-10(27-16-19-20-21-22(16)12-4-2-3-5-12)14-17-18-15(26-14)11-6-8-13(9-7-11)23(24)25/h6-10,12H,2-5H2,1H3. The predicted octanol–water partition coefficient (Wildman–Crippen LogP) is 3.60. The van der Waals surface area contributed by atoms with Crippen LogP contribution in [0.4, 0.5) is 5.69 Å². The molecular formula is C16H17N7O3S. The molecule has 1 aliphatic rings. The lowest BCUT2D eigenvalue weighted by Crippen LogP contribution is -2.08. The molecule has 2 aromatic heterocycles. The summed E-state index contributed by atoms with van der Waals surface area (Å²) < 4.78 is 7.65. The van der Waals surface area contributed by atoms with Crippen molar-refractivity contribution in [3.8, 4) is 11.5 Å². The molecule has 1 saturated carbocycles. The van der Waals surface area contributed by atoms with Gasteiger partial charge in [0.25, 0.3) is 5.69 Å². The summed E-state index contributed by atoms with van der Waals surface area (Å²) >= 11 is 1.47. The molecule has 2 heterocycles. The summed E-state index contributed by atoms with van der Waals surface area (Å²) in [6, 6.07) is 6.36. The van der Waals surface area contributed by atoms with Gasteiger partial charge in [0.05, 0.1) is 16.2 Å². The lowest BCUT2D eigenvalue weighted by atomic mass is 10.2. The Morgan fingerprint density at radius 3 is 2.67 bits per heavy atom. The highest BCUT2D eigenvalue weighted by Crippen LogP contribution is 2.37. The third kappa shape index (κ3) is 3.68. The maximum Gasteiger partial charge on any atom is 0.269 e. The van der Waals surface area contributed by atoms with Crippen molar-refractivity contribution in [1.29, 1.82) is 0 Å². The molecule has 1 aliphatic carbocycles. The van der Waals surface area contributed by atoms with E-state index in [4.69, 9.17) is 4.42 Å². The second-order valence-electron chi connectivity index (χ2n) is 6.35.